The number of hydrogen-bond donors (Lipinski definition) is 1. The maximum Gasteiger partial charge on any atom is 0.320 e. The van der Waals surface area contributed by atoms with E-state index < -0.39 is 11.6 Å². The molecule has 1 fully saturated rings. The standard InChI is InChI=1S/C14H17F2N3OS.ClH/c15-11-7-10-9-19(5-6-21-13(10)8-12(11)16)14(20)18-3-1-17-2-4-18;/h7-8,17H,1-6,9H2;1H. The lowest BCUT2D eigenvalue weighted by Crippen LogP contribution is -2.51. The highest BCUT2D eigenvalue weighted by Crippen LogP contribution is 2.29. The molecule has 0 spiro atoms. The van der Waals surface area contributed by atoms with Crippen molar-refractivity contribution >= 4 is 30.2 Å². The Kier molecular flexibility index (Phi) is 5.88. The molecule has 1 aromatic carbocycles. The molecule has 22 heavy (non-hydrogen) atoms. The molecule has 2 aliphatic heterocycles. The second-order valence-electron chi connectivity index (χ2n) is 5.16. The molecule has 8 heteroatoms. The molecule has 2 amide bonds. The molecular formula is C14H18ClF2N3OS. The van der Waals surface area contributed by atoms with Crippen LogP contribution in [0.25, 0.3) is 0 Å². The first-order chi connectivity index (χ1) is 10.1. The molecule has 3 rings (SSSR count). The zero-order chi connectivity index (χ0) is 14.8. The highest BCUT2D eigenvalue weighted by Gasteiger charge is 2.25. The van der Waals surface area contributed by atoms with Gasteiger partial charge in [0.1, 0.15) is 0 Å². The molecule has 0 bridgehead atoms. The van der Waals surface area contributed by atoms with Crippen molar-refractivity contribution in [2.45, 2.75) is 11.4 Å². The number of fused-ring (bicyclic) bond motifs is 1. The van der Waals surface area contributed by atoms with Gasteiger partial charge in [-0.2, -0.15) is 0 Å². The zero-order valence-electron chi connectivity index (χ0n) is 12.0. The van der Waals surface area contributed by atoms with Crippen LogP contribution in [-0.4, -0.2) is 54.3 Å². The summed E-state index contributed by atoms with van der Waals surface area (Å²) >= 11 is 1.47. The van der Waals surface area contributed by atoms with Gasteiger partial charge in [-0.05, 0) is 17.7 Å². The van der Waals surface area contributed by atoms with Crippen molar-refractivity contribution in [2.24, 2.45) is 0 Å². The Balaban J connectivity index is 0.00000176. The molecule has 2 heterocycles. The third-order valence-electron chi connectivity index (χ3n) is 3.74. The number of urea groups is 1. The fourth-order valence-corrected chi connectivity index (χ4v) is 3.62. The lowest BCUT2D eigenvalue weighted by Gasteiger charge is -2.32. The van der Waals surface area contributed by atoms with Gasteiger partial charge in [0, 0.05) is 49.9 Å². The maximum absolute atomic E-state index is 13.4. The molecule has 1 saturated heterocycles. The predicted molar refractivity (Wildman–Crippen MR) is 84.6 cm³/mol. The van der Waals surface area contributed by atoms with Gasteiger partial charge in [0.15, 0.2) is 11.6 Å². The van der Waals surface area contributed by atoms with Gasteiger partial charge in [0.2, 0.25) is 0 Å². The van der Waals surface area contributed by atoms with E-state index in [2.05, 4.69) is 5.32 Å². The summed E-state index contributed by atoms with van der Waals surface area (Å²) < 4.78 is 26.7. The van der Waals surface area contributed by atoms with Crippen LogP contribution in [0, 0.1) is 11.6 Å². The Morgan fingerprint density at radius 2 is 1.77 bits per heavy atom. The number of carbonyl (C=O) groups is 1. The highest BCUT2D eigenvalue weighted by molar-refractivity contribution is 7.99. The Bertz CT molecular complexity index is 555. The van der Waals surface area contributed by atoms with Crippen molar-refractivity contribution < 1.29 is 13.6 Å². The van der Waals surface area contributed by atoms with Crippen molar-refractivity contribution in [1.82, 2.24) is 15.1 Å². The quantitative estimate of drug-likeness (QED) is 0.781. The summed E-state index contributed by atoms with van der Waals surface area (Å²) in [5.41, 5.74) is 0.680. The average molecular weight is 350 g/mol. The van der Waals surface area contributed by atoms with Crippen LogP contribution in [0.5, 0.6) is 0 Å². The number of amides is 2. The van der Waals surface area contributed by atoms with E-state index in [0.29, 0.717) is 37.5 Å². The third-order valence-corrected chi connectivity index (χ3v) is 4.82. The van der Waals surface area contributed by atoms with Crippen LogP contribution < -0.4 is 5.32 Å². The topological polar surface area (TPSA) is 35.6 Å². The Labute approximate surface area is 138 Å². The number of carbonyl (C=O) groups excluding carboxylic acids is 1. The molecule has 2 aliphatic rings. The van der Waals surface area contributed by atoms with Crippen LogP contribution in [0.1, 0.15) is 5.56 Å². The van der Waals surface area contributed by atoms with Crippen LogP contribution in [0.2, 0.25) is 0 Å². The molecular weight excluding hydrogens is 332 g/mol. The van der Waals surface area contributed by atoms with Gasteiger partial charge < -0.3 is 15.1 Å². The van der Waals surface area contributed by atoms with E-state index in [1.54, 1.807) is 4.90 Å². The fraction of sp³-hybridized carbons (Fsp3) is 0.500. The summed E-state index contributed by atoms with van der Waals surface area (Å²) in [6.07, 6.45) is 0. The minimum absolute atomic E-state index is 0. The van der Waals surface area contributed by atoms with Gasteiger partial charge in [-0.15, -0.1) is 24.2 Å². The summed E-state index contributed by atoms with van der Waals surface area (Å²) in [5, 5.41) is 3.21. The van der Waals surface area contributed by atoms with E-state index in [-0.39, 0.29) is 18.4 Å². The number of nitrogens with zero attached hydrogens (tertiary/aromatic N) is 2. The first kappa shape index (κ1) is 17.3. The molecule has 0 unspecified atom stereocenters. The lowest BCUT2D eigenvalue weighted by atomic mass is 10.2. The van der Waals surface area contributed by atoms with Crippen molar-refractivity contribution in [1.29, 1.82) is 0 Å². The maximum atomic E-state index is 13.4. The largest absolute Gasteiger partial charge is 0.322 e. The van der Waals surface area contributed by atoms with Crippen molar-refractivity contribution in [3.8, 4) is 0 Å². The fourth-order valence-electron chi connectivity index (χ4n) is 2.60. The number of piperazine rings is 1. The molecule has 0 aliphatic carbocycles. The Morgan fingerprint density at radius 1 is 1.09 bits per heavy atom. The summed E-state index contributed by atoms with van der Waals surface area (Å²) in [7, 11) is 0. The number of rotatable bonds is 0. The molecule has 0 atom stereocenters. The van der Waals surface area contributed by atoms with E-state index in [0.717, 1.165) is 18.0 Å². The molecule has 1 N–H and O–H groups in total. The van der Waals surface area contributed by atoms with Crippen LogP contribution in [-0.2, 0) is 6.54 Å². The minimum Gasteiger partial charge on any atom is -0.322 e. The van der Waals surface area contributed by atoms with Crippen molar-refractivity contribution in [3.63, 3.8) is 0 Å². The van der Waals surface area contributed by atoms with E-state index in [1.807, 2.05) is 4.90 Å². The van der Waals surface area contributed by atoms with E-state index in [9.17, 15) is 13.6 Å². The van der Waals surface area contributed by atoms with Crippen LogP contribution in [0.15, 0.2) is 17.0 Å². The normalized spacial score (nSPS) is 18.3. The summed E-state index contributed by atoms with van der Waals surface area (Å²) in [4.78, 5) is 16.8. The second-order valence-corrected chi connectivity index (χ2v) is 6.30. The highest BCUT2D eigenvalue weighted by atomic mass is 35.5. The van der Waals surface area contributed by atoms with E-state index in [4.69, 9.17) is 0 Å². The van der Waals surface area contributed by atoms with Crippen LogP contribution >= 0.6 is 24.2 Å². The number of hydrogen-bond acceptors (Lipinski definition) is 3. The third kappa shape index (κ3) is 3.64. The van der Waals surface area contributed by atoms with E-state index in [1.165, 1.54) is 23.9 Å². The Hall–Kier alpha value is -1.05. The summed E-state index contributed by atoms with van der Waals surface area (Å²) in [5.74, 6) is -0.996. The number of nitrogens with one attached hydrogen (secondary N) is 1. The first-order valence-corrected chi connectivity index (χ1v) is 7.99. The minimum atomic E-state index is -0.856. The van der Waals surface area contributed by atoms with Gasteiger partial charge in [0.25, 0.3) is 0 Å². The summed E-state index contributed by atoms with van der Waals surface area (Å²) in [6.45, 7) is 3.89. The average Bonchev–Trinajstić information content (AvgIpc) is 2.70. The molecule has 0 radical (unpaired) electrons. The smallest absolute Gasteiger partial charge is 0.320 e. The van der Waals surface area contributed by atoms with Gasteiger partial charge in [-0.25, -0.2) is 13.6 Å². The Morgan fingerprint density at radius 3 is 2.50 bits per heavy atom. The lowest BCUT2D eigenvalue weighted by molar-refractivity contribution is 0.147. The number of benzene rings is 1. The van der Waals surface area contributed by atoms with Gasteiger partial charge >= 0.3 is 6.03 Å². The first-order valence-electron chi connectivity index (χ1n) is 7.00. The summed E-state index contributed by atoms with van der Waals surface area (Å²) in [6, 6.07) is 2.42. The van der Waals surface area contributed by atoms with Crippen molar-refractivity contribution in [2.75, 3.05) is 38.5 Å². The molecule has 4 nitrogen and oxygen atoms in total. The van der Waals surface area contributed by atoms with Crippen LogP contribution in [0.4, 0.5) is 13.6 Å². The second kappa shape index (κ2) is 7.48. The predicted octanol–water partition coefficient (Wildman–Crippen LogP) is 2.32. The zero-order valence-corrected chi connectivity index (χ0v) is 13.6. The van der Waals surface area contributed by atoms with Gasteiger partial charge in [-0.3, -0.25) is 0 Å². The monoisotopic (exact) mass is 349 g/mol. The van der Waals surface area contributed by atoms with Gasteiger partial charge in [0.05, 0.1) is 0 Å². The van der Waals surface area contributed by atoms with Crippen molar-refractivity contribution in [3.05, 3.63) is 29.3 Å². The van der Waals surface area contributed by atoms with E-state index >= 15 is 0 Å². The molecule has 122 valence electrons. The SMILES string of the molecule is Cl.O=C(N1CCNCC1)N1CCSc2cc(F)c(F)cc2C1. The van der Waals surface area contributed by atoms with Crippen LogP contribution in [0.3, 0.4) is 0 Å². The molecule has 0 saturated carbocycles. The molecule has 0 aromatic heterocycles. The molecule has 1 aromatic rings. The number of halogens is 3. The van der Waals surface area contributed by atoms with Gasteiger partial charge in [-0.1, -0.05) is 0 Å². The number of thioether (sulfide) groups is 1.